The Bertz CT molecular complexity index is 525. The highest BCUT2D eigenvalue weighted by molar-refractivity contribution is 5.97. The van der Waals surface area contributed by atoms with Crippen LogP contribution >= 0.6 is 0 Å². The molecule has 2 N–H and O–H groups in total. The normalized spacial score (nSPS) is 10.2. The molecule has 0 fully saturated rings. The smallest absolute Gasteiger partial charge is 0.339 e. The topological polar surface area (TPSA) is 75.1 Å². The fourth-order valence-electron chi connectivity index (χ4n) is 1.37. The maximum atomic E-state index is 10.9. The molecular formula is C10H9N3O2. The Hall–Kier alpha value is -2.17. The molecular weight excluding hydrogens is 194 g/mol. The molecule has 0 unspecified atom stereocenters. The van der Waals surface area contributed by atoms with Crippen LogP contribution in [0.4, 0.5) is 5.82 Å². The van der Waals surface area contributed by atoms with E-state index < -0.39 is 5.97 Å². The maximum Gasteiger partial charge on any atom is 0.339 e. The van der Waals surface area contributed by atoms with E-state index in [1.165, 1.54) is 0 Å². The molecule has 2 rings (SSSR count). The fraction of sp³-hybridized carbons (Fsp3) is 0.100. The van der Waals surface area contributed by atoms with Crippen molar-refractivity contribution in [1.82, 2.24) is 9.97 Å². The molecule has 0 saturated heterocycles. The Kier molecular flexibility index (Phi) is 2.21. The molecule has 5 heteroatoms. The van der Waals surface area contributed by atoms with Crippen LogP contribution in [0.25, 0.3) is 10.9 Å². The van der Waals surface area contributed by atoms with Crippen molar-refractivity contribution in [2.75, 3.05) is 12.4 Å². The fourth-order valence-corrected chi connectivity index (χ4v) is 1.37. The van der Waals surface area contributed by atoms with E-state index >= 15 is 0 Å². The van der Waals surface area contributed by atoms with E-state index in [4.69, 9.17) is 5.11 Å². The van der Waals surface area contributed by atoms with Gasteiger partial charge in [-0.05, 0) is 12.1 Å². The third kappa shape index (κ3) is 1.59. The molecule has 76 valence electrons. The highest BCUT2D eigenvalue weighted by Crippen LogP contribution is 2.19. The number of fused-ring (bicyclic) bond motifs is 1. The molecule has 0 bridgehead atoms. The molecule has 0 aliphatic rings. The Labute approximate surface area is 85.8 Å². The van der Waals surface area contributed by atoms with Crippen LogP contribution in [0.1, 0.15) is 10.4 Å². The maximum absolute atomic E-state index is 10.9. The number of hydrogen-bond acceptors (Lipinski definition) is 4. The predicted octanol–water partition coefficient (Wildman–Crippen LogP) is 1.37. The van der Waals surface area contributed by atoms with Crippen LogP contribution in [0.2, 0.25) is 0 Å². The van der Waals surface area contributed by atoms with Gasteiger partial charge in [-0.1, -0.05) is 0 Å². The van der Waals surface area contributed by atoms with Gasteiger partial charge in [0.25, 0.3) is 0 Å². The second-order valence-corrected chi connectivity index (χ2v) is 3.01. The Morgan fingerprint density at radius 2 is 2.33 bits per heavy atom. The summed E-state index contributed by atoms with van der Waals surface area (Å²) in [4.78, 5) is 19.0. The van der Waals surface area contributed by atoms with Crippen LogP contribution in [0.3, 0.4) is 0 Å². The summed E-state index contributed by atoms with van der Waals surface area (Å²) in [6.45, 7) is 0. The van der Waals surface area contributed by atoms with Crippen molar-refractivity contribution in [2.24, 2.45) is 0 Å². The minimum Gasteiger partial charge on any atom is -0.478 e. The van der Waals surface area contributed by atoms with Gasteiger partial charge in [-0.25, -0.2) is 9.78 Å². The van der Waals surface area contributed by atoms with E-state index in [0.717, 1.165) is 5.52 Å². The van der Waals surface area contributed by atoms with E-state index in [0.29, 0.717) is 11.2 Å². The van der Waals surface area contributed by atoms with Crippen LogP contribution in [0.15, 0.2) is 24.5 Å². The molecule has 0 radical (unpaired) electrons. The van der Waals surface area contributed by atoms with Crippen molar-refractivity contribution < 1.29 is 9.90 Å². The molecule has 5 nitrogen and oxygen atoms in total. The molecule has 15 heavy (non-hydrogen) atoms. The van der Waals surface area contributed by atoms with E-state index in [2.05, 4.69) is 15.3 Å². The average molecular weight is 203 g/mol. The minimum atomic E-state index is -1.00. The van der Waals surface area contributed by atoms with Gasteiger partial charge in [0.1, 0.15) is 11.4 Å². The largest absolute Gasteiger partial charge is 0.478 e. The summed E-state index contributed by atoms with van der Waals surface area (Å²) in [7, 11) is 1.64. The van der Waals surface area contributed by atoms with E-state index in [1.807, 2.05) is 0 Å². The standard InChI is InChI=1S/C10H9N3O2/c1-11-9-7(10(14)15)4-6-5-12-3-2-8(6)13-9/h2-5H,1H3,(H,11,13)(H,14,15). The molecule has 0 spiro atoms. The first-order chi connectivity index (χ1) is 7.22. The van der Waals surface area contributed by atoms with Crippen molar-refractivity contribution in [2.45, 2.75) is 0 Å². The van der Waals surface area contributed by atoms with E-state index in [9.17, 15) is 4.79 Å². The summed E-state index contributed by atoms with van der Waals surface area (Å²) in [5.74, 6) is -0.640. The lowest BCUT2D eigenvalue weighted by molar-refractivity contribution is 0.0698. The molecule has 0 aromatic carbocycles. The number of pyridine rings is 2. The number of aromatic carboxylic acids is 1. The Balaban J connectivity index is 2.74. The van der Waals surface area contributed by atoms with Gasteiger partial charge in [0, 0.05) is 24.8 Å². The Morgan fingerprint density at radius 1 is 1.53 bits per heavy atom. The van der Waals surface area contributed by atoms with Gasteiger partial charge >= 0.3 is 5.97 Å². The van der Waals surface area contributed by atoms with Crippen LogP contribution < -0.4 is 5.32 Å². The number of hydrogen-bond donors (Lipinski definition) is 2. The highest BCUT2D eigenvalue weighted by Gasteiger charge is 2.11. The predicted molar refractivity (Wildman–Crippen MR) is 56.0 cm³/mol. The molecule has 0 aliphatic carbocycles. The van der Waals surface area contributed by atoms with Crippen molar-refractivity contribution in [3.05, 3.63) is 30.1 Å². The lowest BCUT2D eigenvalue weighted by Crippen LogP contribution is -2.05. The van der Waals surface area contributed by atoms with Crippen LogP contribution in [0, 0.1) is 0 Å². The van der Waals surface area contributed by atoms with Gasteiger partial charge < -0.3 is 10.4 Å². The summed E-state index contributed by atoms with van der Waals surface area (Å²) >= 11 is 0. The summed E-state index contributed by atoms with van der Waals surface area (Å²) in [5, 5.41) is 12.4. The average Bonchev–Trinajstić information content (AvgIpc) is 2.27. The van der Waals surface area contributed by atoms with Crippen molar-refractivity contribution in [3.8, 4) is 0 Å². The quantitative estimate of drug-likeness (QED) is 0.770. The van der Waals surface area contributed by atoms with Gasteiger partial charge in [0.2, 0.25) is 0 Å². The number of aromatic nitrogens is 2. The SMILES string of the molecule is CNc1nc2ccncc2cc1C(=O)O. The number of nitrogens with one attached hydrogen (secondary N) is 1. The molecule has 2 aromatic rings. The molecule has 0 atom stereocenters. The third-order valence-electron chi connectivity index (χ3n) is 2.08. The second-order valence-electron chi connectivity index (χ2n) is 3.01. The molecule has 2 aromatic heterocycles. The lowest BCUT2D eigenvalue weighted by Gasteiger charge is -2.05. The first-order valence-corrected chi connectivity index (χ1v) is 4.38. The number of carboxylic acids is 1. The molecule has 0 amide bonds. The van der Waals surface area contributed by atoms with Crippen molar-refractivity contribution >= 4 is 22.7 Å². The number of nitrogens with zero attached hydrogens (tertiary/aromatic N) is 2. The van der Waals surface area contributed by atoms with Gasteiger partial charge in [-0.2, -0.15) is 0 Å². The molecule has 0 saturated carbocycles. The zero-order valence-electron chi connectivity index (χ0n) is 8.06. The van der Waals surface area contributed by atoms with Crippen molar-refractivity contribution in [1.29, 1.82) is 0 Å². The van der Waals surface area contributed by atoms with Crippen LogP contribution in [-0.2, 0) is 0 Å². The summed E-state index contributed by atoms with van der Waals surface area (Å²) < 4.78 is 0. The number of carboxylic acid groups (broad SMARTS) is 1. The number of rotatable bonds is 2. The Morgan fingerprint density at radius 3 is 3.00 bits per heavy atom. The van der Waals surface area contributed by atoms with Gasteiger partial charge in [-0.15, -0.1) is 0 Å². The van der Waals surface area contributed by atoms with Gasteiger partial charge in [0.05, 0.1) is 5.52 Å². The van der Waals surface area contributed by atoms with Gasteiger partial charge in [-0.3, -0.25) is 4.98 Å². The monoisotopic (exact) mass is 203 g/mol. The zero-order valence-corrected chi connectivity index (χ0v) is 8.06. The van der Waals surface area contributed by atoms with E-state index in [-0.39, 0.29) is 5.56 Å². The van der Waals surface area contributed by atoms with Crippen molar-refractivity contribution in [3.63, 3.8) is 0 Å². The summed E-state index contributed by atoms with van der Waals surface area (Å²) in [6.07, 6.45) is 3.21. The first kappa shape index (κ1) is 9.39. The third-order valence-corrected chi connectivity index (χ3v) is 2.08. The molecule has 2 heterocycles. The molecule has 0 aliphatic heterocycles. The van der Waals surface area contributed by atoms with Crippen LogP contribution in [-0.4, -0.2) is 28.1 Å². The van der Waals surface area contributed by atoms with E-state index in [1.54, 1.807) is 31.6 Å². The highest BCUT2D eigenvalue weighted by atomic mass is 16.4. The number of anilines is 1. The summed E-state index contributed by atoms with van der Waals surface area (Å²) in [6, 6.07) is 3.30. The second kappa shape index (κ2) is 3.53. The minimum absolute atomic E-state index is 0.151. The summed E-state index contributed by atoms with van der Waals surface area (Å²) in [5.41, 5.74) is 0.873. The van der Waals surface area contributed by atoms with Gasteiger partial charge in [0.15, 0.2) is 0 Å². The number of carbonyl (C=O) groups is 1. The van der Waals surface area contributed by atoms with Crippen LogP contribution in [0.5, 0.6) is 0 Å². The zero-order chi connectivity index (χ0) is 10.8. The lowest BCUT2D eigenvalue weighted by atomic mass is 10.2. The first-order valence-electron chi connectivity index (χ1n) is 4.38.